The summed E-state index contributed by atoms with van der Waals surface area (Å²) in [5, 5.41) is 1.13. The van der Waals surface area contributed by atoms with E-state index in [4.69, 9.17) is 9.72 Å². The summed E-state index contributed by atoms with van der Waals surface area (Å²) >= 11 is 0. The Bertz CT molecular complexity index is 1120. The number of ether oxygens (including phenoxy) is 1. The van der Waals surface area contributed by atoms with Crippen molar-refractivity contribution in [1.29, 1.82) is 0 Å². The molecule has 0 spiro atoms. The average molecular weight is 457 g/mol. The van der Waals surface area contributed by atoms with E-state index in [0.29, 0.717) is 32.2 Å². The molecule has 170 valence electrons. The highest BCUT2D eigenvalue weighted by Crippen LogP contribution is 2.32. The van der Waals surface area contributed by atoms with Crippen LogP contribution >= 0.6 is 0 Å². The van der Waals surface area contributed by atoms with Gasteiger partial charge in [0, 0.05) is 62.3 Å². The lowest BCUT2D eigenvalue weighted by Gasteiger charge is -2.32. The molecule has 2 aliphatic rings. The first-order valence-corrected chi connectivity index (χ1v) is 12.9. The van der Waals surface area contributed by atoms with Gasteiger partial charge in [0.2, 0.25) is 0 Å². The van der Waals surface area contributed by atoms with Crippen LogP contribution in [0.2, 0.25) is 0 Å². The molecule has 5 rings (SSSR count). The summed E-state index contributed by atoms with van der Waals surface area (Å²) < 4.78 is 33.1. The van der Waals surface area contributed by atoms with Crippen LogP contribution in [0.25, 0.3) is 22.2 Å². The van der Waals surface area contributed by atoms with Crippen molar-refractivity contribution in [2.24, 2.45) is 5.92 Å². The first-order valence-electron chi connectivity index (χ1n) is 11.0. The van der Waals surface area contributed by atoms with Crippen LogP contribution in [0.4, 0.5) is 5.82 Å². The predicted octanol–water partition coefficient (Wildman–Crippen LogP) is 2.22. The SMILES string of the molecule is C[S+](=O)([O-])N1CCC(Cn2ccc3c(N4CCOCC4)nc(-c4cncnc4)cc32)CC1. The van der Waals surface area contributed by atoms with E-state index in [1.807, 2.05) is 0 Å². The van der Waals surface area contributed by atoms with Crippen molar-refractivity contribution in [1.82, 2.24) is 23.8 Å². The molecule has 9 nitrogen and oxygen atoms in total. The van der Waals surface area contributed by atoms with Crippen LogP contribution in [0.5, 0.6) is 0 Å². The third-order valence-corrected chi connectivity index (χ3v) is 7.71. The number of hydrogen-bond acceptors (Lipinski definition) is 7. The lowest BCUT2D eigenvalue weighted by molar-refractivity contribution is 0.122. The molecule has 1 atom stereocenters. The van der Waals surface area contributed by atoms with E-state index in [0.717, 1.165) is 60.5 Å². The molecule has 0 N–H and O–H groups in total. The summed E-state index contributed by atoms with van der Waals surface area (Å²) in [5.41, 5.74) is 2.87. The van der Waals surface area contributed by atoms with Crippen molar-refractivity contribution in [3.63, 3.8) is 0 Å². The van der Waals surface area contributed by atoms with Crippen LogP contribution in [0.1, 0.15) is 12.8 Å². The minimum atomic E-state index is -3.11. The fourth-order valence-electron chi connectivity index (χ4n) is 4.63. The van der Waals surface area contributed by atoms with E-state index >= 15 is 0 Å². The molecule has 2 saturated heterocycles. The van der Waals surface area contributed by atoms with Crippen molar-refractivity contribution < 1.29 is 13.5 Å². The number of fused-ring (bicyclic) bond motifs is 1. The summed E-state index contributed by atoms with van der Waals surface area (Å²) in [4.78, 5) is 15.6. The molecular formula is C22H28N6O3S. The molecule has 0 saturated carbocycles. The van der Waals surface area contributed by atoms with E-state index < -0.39 is 10.4 Å². The predicted molar refractivity (Wildman–Crippen MR) is 123 cm³/mol. The Morgan fingerprint density at radius 3 is 2.56 bits per heavy atom. The van der Waals surface area contributed by atoms with Gasteiger partial charge in [0.25, 0.3) is 0 Å². The average Bonchev–Trinajstić information content (AvgIpc) is 3.22. The molecule has 32 heavy (non-hydrogen) atoms. The number of pyridine rings is 1. The number of sulfonamides is 1. The third-order valence-electron chi connectivity index (χ3n) is 6.41. The van der Waals surface area contributed by atoms with Gasteiger partial charge < -0.3 is 18.8 Å². The van der Waals surface area contributed by atoms with E-state index in [1.54, 1.807) is 16.7 Å². The molecule has 1 unspecified atom stereocenters. The highest BCUT2D eigenvalue weighted by atomic mass is 32.3. The molecule has 0 amide bonds. The molecule has 2 fully saturated rings. The second kappa shape index (κ2) is 8.86. The summed E-state index contributed by atoms with van der Waals surface area (Å²) in [6.07, 6.45) is 10.3. The highest BCUT2D eigenvalue weighted by Gasteiger charge is 2.29. The summed E-state index contributed by atoms with van der Waals surface area (Å²) in [5.74, 6) is 1.41. The largest absolute Gasteiger partial charge is 0.598 e. The third kappa shape index (κ3) is 4.40. The number of piperidine rings is 1. The zero-order valence-electron chi connectivity index (χ0n) is 18.2. The van der Waals surface area contributed by atoms with Crippen LogP contribution in [-0.2, 0) is 25.9 Å². The number of nitrogens with zero attached hydrogens (tertiary/aromatic N) is 6. The van der Waals surface area contributed by atoms with Gasteiger partial charge >= 0.3 is 0 Å². The zero-order valence-corrected chi connectivity index (χ0v) is 19.0. The van der Waals surface area contributed by atoms with Gasteiger partial charge in [-0.05, 0) is 30.9 Å². The van der Waals surface area contributed by atoms with Crippen LogP contribution in [0, 0.1) is 5.92 Å². The molecule has 10 heteroatoms. The Morgan fingerprint density at radius 1 is 1.16 bits per heavy atom. The van der Waals surface area contributed by atoms with Crippen molar-refractivity contribution in [3.8, 4) is 11.3 Å². The van der Waals surface area contributed by atoms with Crippen molar-refractivity contribution in [2.45, 2.75) is 19.4 Å². The molecular weight excluding hydrogens is 428 g/mol. The number of morpholine rings is 1. The molecule has 0 aliphatic carbocycles. The van der Waals surface area contributed by atoms with Crippen molar-refractivity contribution >= 4 is 27.1 Å². The molecule has 5 heterocycles. The minimum absolute atomic E-state index is 0.437. The minimum Gasteiger partial charge on any atom is -0.598 e. The molecule has 0 aromatic carbocycles. The monoisotopic (exact) mass is 456 g/mol. The zero-order chi connectivity index (χ0) is 22.1. The second-order valence-corrected chi connectivity index (χ2v) is 10.5. The number of rotatable bonds is 5. The standard InChI is InChI=1S/C22H28N6O3S/c1-32(29,30)28-6-2-17(3-7-28)15-27-5-4-19-21(27)12-20(18-13-23-16-24-14-18)25-22(19)26-8-10-31-11-9-26/h4-5,12-14,16-17H,2-3,6-11,15H2,1H3. The van der Waals surface area contributed by atoms with Crippen molar-refractivity contribution in [2.75, 3.05) is 50.5 Å². The topological polar surface area (TPSA) is 99.4 Å². The van der Waals surface area contributed by atoms with Gasteiger partial charge in [-0.15, -0.1) is 4.31 Å². The van der Waals surface area contributed by atoms with Gasteiger partial charge in [0.1, 0.15) is 28.8 Å². The van der Waals surface area contributed by atoms with Crippen molar-refractivity contribution in [3.05, 3.63) is 37.1 Å². The Morgan fingerprint density at radius 2 is 1.88 bits per heavy atom. The maximum absolute atomic E-state index is 11.8. The lowest BCUT2D eigenvalue weighted by Crippen LogP contribution is -2.41. The van der Waals surface area contributed by atoms with E-state index in [1.165, 1.54) is 12.6 Å². The van der Waals surface area contributed by atoms with Crippen LogP contribution < -0.4 is 4.90 Å². The Hall–Kier alpha value is -2.40. The quantitative estimate of drug-likeness (QED) is 0.543. The van der Waals surface area contributed by atoms with Gasteiger partial charge in [-0.25, -0.2) is 15.0 Å². The normalized spacial score (nSPS) is 20.5. The van der Waals surface area contributed by atoms with Crippen LogP contribution in [0.15, 0.2) is 37.1 Å². The summed E-state index contributed by atoms with van der Waals surface area (Å²) in [7, 11) is -3.11. The lowest BCUT2D eigenvalue weighted by atomic mass is 9.98. The fraction of sp³-hybridized carbons (Fsp3) is 0.500. The van der Waals surface area contributed by atoms with Gasteiger partial charge in [-0.1, -0.05) is 4.21 Å². The first-order chi connectivity index (χ1) is 15.5. The molecule has 0 radical (unpaired) electrons. The van der Waals surface area contributed by atoms with Crippen LogP contribution in [0.3, 0.4) is 0 Å². The first kappa shape index (κ1) is 21.4. The Kier molecular flexibility index (Phi) is 5.93. The smallest absolute Gasteiger partial charge is 0.138 e. The Balaban J connectivity index is 1.47. The van der Waals surface area contributed by atoms with Crippen LogP contribution in [-0.4, -0.2) is 74.0 Å². The fourth-order valence-corrected chi connectivity index (χ4v) is 5.50. The van der Waals surface area contributed by atoms with Gasteiger partial charge in [-0.2, -0.15) is 0 Å². The Labute approximate surface area is 188 Å². The van der Waals surface area contributed by atoms with Gasteiger partial charge in [0.05, 0.1) is 24.4 Å². The number of anilines is 1. The molecule has 3 aromatic heterocycles. The summed E-state index contributed by atoms with van der Waals surface area (Å²) in [6, 6.07) is 4.26. The number of hydrogen-bond donors (Lipinski definition) is 0. The highest BCUT2D eigenvalue weighted by molar-refractivity contribution is 7.94. The van der Waals surface area contributed by atoms with E-state index in [2.05, 4.69) is 37.8 Å². The maximum Gasteiger partial charge on any atom is 0.138 e. The molecule has 2 aliphatic heterocycles. The van der Waals surface area contributed by atoms with Gasteiger partial charge in [0.15, 0.2) is 0 Å². The van der Waals surface area contributed by atoms with Gasteiger partial charge in [-0.3, -0.25) is 0 Å². The second-order valence-electron chi connectivity index (χ2n) is 8.56. The maximum atomic E-state index is 11.8. The summed E-state index contributed by atoms with van der Waals surface area (Å²) in [6.45, 7) is 5.06. The number of aromatic nitrogens is 4. The van der Waals surface area contributed by atoms with E-state index in [9.17, 15) is 8.76 Å². The van der Waals surface area contributed by atoms with E-state index in [-0.39, 0.29) is 0 Å². The molecule has 0 bridgehead atoms. The molecule has 3 aromatic rings.